The Morgan fingerprint density at radius 3 is 2.53 bits per heavy atom. The molecule has 0 amide bonds. The van der Waals surface area contributed by atoms with Crippen LogP contribution in [0.5, 0.6) is 5.75 Å². The number of benzene rings is 2. The number of aromatic nitrogens is 1. The van der Waals surface area contributed by atoms with Crippen molar-refractivity contribution in [2.45, 2.75) is 26.8 Å². The maximum absolute atomic E-state index is 13.6. The predicted molar refractivity (Wildman–Crippen MR) is 131 cm³/mol. The number of hydrogen-bond acceptors (Lipinski definition) is 9. The first-order valence-corrected chi connectivity index (χ1v) is 11.7. The van der Waals surface area contributed by atoms with Gasteiger partial charge in [0.1, 0.15) is 5.75 Å². The number of carbonyl (C=O) groups excluding carboxylic acids is 2. The number of nitro benzene ring substituents is 1. The first-order valence-electron chi connectivity index (χ1n) is 10.9. The summed E-state index contributed by atoms with van der Waals surface area (Å²) in [5, 5.41) is 11.4. The smallest absolute Gasteiger partial charge is 0.338 e. The lowest BCUT2D eigenvalue weighted by atomic mass is 9.96. The Bertz CT molecular complexity index is 1580. The van der Waals surface area contributed by atoms with Crippen molar-refractivity contribution >= 4 is 35.0 Å². The summed E-state index contributed by atoms with van der Waals surface area (Å²) >= 11 is 1.07. The number of rotatable bonds is 6. The first kappa shape index (κ1) is 24.7. The average molecular weight is 508 g/mol. The summed E-state index contributed by atoms with van der Waals surface area (Å²) in [5.41, 5.74) is 0.838. The van der Waals surface area contributed by atoms with Crippen LogP contribution < -0.4 is 19.6 Å². The zero-order chi connectivity index (χ0) is 26.0. The maximum Gasteiger partial charge on any atom is 0.338 e. The highest BCUT2D eigenvalue weighted by Crippen LogP contribution is 2.31. The second-order valence-electron chi connectivity index (χ2n) is 7.78. The Morgan fingerprint density at radius 1 is 1.19 bits per heavy atom. The average Bonchev–Trinajstić information content (AvgIpc) is 3.13. The van der Waals surface area contributed by atoms with Crippen LogP contribution in [0.4, 0.5) is 5.69 Å². The number of ether oxygens (including phenoxy) is 2. The molecular formula is C25H21N3O7S. The van der Waals surface area contributed by atoms with E-state index in [9.17, 15) is 24.5 Å². The molecule has 0 radical (unpaired) electrons. The summed E-state index contributed by atoms with van der Waals surface area (Å²) in [7, 11) is 0. The van der Waals surface area contributed by atoms with Gasteiger partial charge < -0.3 is 9.47 Å². The van der Waals surface area contributed by atoms with Gasteiger partial charge in [-0.25, -0.2) is 9.79 Å². The fourth-order valence-electron chi connectivity index (χ4n) is 3.91. The SMILES string of the molecule is CCOC(=O)C1=C(C)N=c2sc(=Cc3ccccc3[N+](=O)[O-])c(=O)n2C1c1ccc(OC(C)=O)cc1. The van der Waals surface area contributed by atoms with Gasteiger partial charge >= 0.3 is 11.9 Å². The molecule has 10 nitrogen and oxygen atoms in total. The molecular weight excluding hydrogens is 486 g/mol. The number of allylic oxidation sites excluding steroid dienone is 1. The quantitative estimate of drug-likeness (QED) is 0.217. The van der Waals surface area contributed by atoms with E-state index in [4.69, 9.17) is 9.47 Å². The van der Waals surface area contributed by atoms with Crippen molar-refractivity contribution in [2.75, 3.05) is 6.61 Å². The van der Waals surface area contributed by atoms with Crippen molar-refractivity contribution in [3.05, 3.63) is 101 Å². The van der Waals surface area contributed by atoms with Crippen LogP contribution in [0.3, 0.4) is 0 Å². The van der Waals surface area contributed by atoms with Crippen LogP contribution >= 0.6 is 11.3 Å². The molecule has 1 unspecified atom stereocenters. The van der Waals surface area contributed by atoms with Gasteiger partial charge in [0.15, 0.2) is 4.80 Å². The summed E-state index contributed by atoms with van der Waals surface area (Å²) < 4.78 is 12.0. The zero-order valence-electron chi connectivity index (χ0n) is 19.6. The molecule has 0 spiro atoms. The third-order valence-corrected chi connectivity index (χ3v) is 6.38. The number of esters is 2. The molecule has 184 valence electrons. The molecule has 0 N–H and O–H groups in total. The summed E-state index contributed by atoms with van der Waals surface area (Å²) in [6, 6.07) is 11.7. The number of thiazole rings is 1. The Balaban J connectivity index is 1.93. The van der Waals surface area contributed by atoms with E-state index in [1.54, 1.807) is 56.3 Å². The van der Waals surface area contributed by atoms with Crippen LogP contribution in [0.2, 0.25) is 0 Å². The van der Waals surface area contributed by atoms with E-state index >= 15 is 0 Å². The third kappa shape index (κ3) is 4.73. The molecule has 11 heteroatoms. The van der Waals surface area contributed by atoms with Gasteiger partial charge in [-0.15, -0.1) is 0 Å². The fraction of sp³-hybridized carbons (Fsp3) is 0.200. The number of para-hydroxylation sites is 1. The van der Waals surface area contributed by atoms with Crippen LogP contribution in [0.25, 0.3) is 6.08 Å². The van der Waals surface area contributed by atoms with Crippen LogP contribution in [0.1, 0.15) is 37.9 Å². The van der Waals surface area contributed by atoms with Gasteiger partial charge in [-0.2, -0.15) is 0 Å². The molecule has 0 fully saturated rings. The van der Waals surface area contributed by atoms with Crippen molar-refractivity contribution in [1.29, 1.82) is 0 Å². The summed E-state index contributed by atoms with van der Waals surface area (Å²) in [5.74, 6) is -0.775. The molecule has 2 aromatic carbocycles. The highest BCUT2D eigenvalue weighted by Gasteiger charge is 2.33. The normalized spacial score (nSPS) is 15.2. The van der Waals surface area contributed by atoms with Crippen molar-refractivity contribution in [3.63, 3.8) is 0 Å². The minimum absolute atomic E-state index is 0.135. The van der Waals surface area contributed by atoms with E-state index in [-0.39, 0.29) is 28.0 Å². The van der Waals surface area contributed by atoms with Gasteiger partial charge in [-0.3, -0.25) is 24.3 Å². The van der Waals surface area contributed by atoms with E-state index in [1.807, 2.05) is 0 Å². The number of nitro groups is 1. The number of hydrogen-bond donors (Lipinski definition) is 0. The number of carbonyl (C=O) groups is 2. The van der Waals surface area contributed by atoms with E-state index in [2.05, 4.69) is 4.99 Å². The fourth-order valence-corrected chi connectivity index (χ4v) is 4.95. The van der Waals surface area contributed by atoms with Crippen LogP contribution in [0.15, 0.2) is 69.6 Å². The lowest BCUT2D eigenvalue weighted by molar-refractivity contribution is -0.385. The Morgan fingerprint density at radius 2 is 1.89 bits per heavy atom. The van der Waals surface area contributed by atoms with E-state index in [0.717, 1.165) is 11.3 Å². The minimum atomic E-state index is -0.861. The summed E-state index contributed by atoms with van der Waals surface area (Å²) in [4.78, 5) is 53.6. The predicted octanol–water partition coefficient (Wildman–Crippen LogP) is 2.63. The van der Waals surface area contributed by atoms with Crippen molar-refractivity contribution in [1.82, 2.24) is 4.57 Å². The molecule has 1 aromatic heterocycles. The summed E-state index contributed by atoms with van der Waals surface area (Å²) in [6.07, 6.45) is 1.45. The molecule has 1 aliphatic heterocycles. The van der Waals surface area contributed by atoms with Gasteiger partial charge in [0.25, 0.3) is 11.2 Å². The minimum Gasteiger partial charge on any atom is -0.463 e. The number of fused-ring (bicyclic) bond motifs is 1. The number of nitrogens with zero attached hydrogens (tertiary/aromatic N) is 3. The highest BCUT2D eigenvalue weighted by molar-refractivity contribution is 7.07. The molecule has 0 aliphatic carbocycles. The van der Waals surface area contributed by atoms with E-state index < -0.39 is 28.5 Å². The van der Waals surface area contributed by atoms with E-state index in [0.29, 0.717) is 21.8 Å². The first-order chi connectivity index (χ1) is 17.2. The third-order valence-electron chi connectivity index (χ3n) is 5.39. The van der Waals surface area contributed by atoms with Crippen molar-refractivity contribution < 1.29 is 24.0 Å². The lowest BCUT2D eigenvalue weighted by Gasteiger charge is -2.24. The standard InChI is InChI=1S/C25H21N3O7S/c1-4-34-24(31)21-14(2)26-25-27(22(21)16-9-11-18(12-10-16)35-15(3)29)23(30)20(36-25)13-17-7-5-6-8-19(17)28(32)33/h5-13,22H,4H2,1-3H3. The van der Waals surface area contributed by atoms with Gasteiger partial charge in [0, 0.05) is 13.0 Å². The molecule has 1 aliphatic rings. The Labute approximate surface area is 208 Å². The van der Waals surface area contributed by atoms with Gasteiger partial charge in [-0.05, 0) is 43.7 Å². The van der Waals surface area contributed by atoms with Crippen LogP contribution in [-0.4, -0.2) is 28.0 Å². The molecule has 0 saturated heterocycles. The Hall–Kier alpha value is -4.38. The molecule has 36 heavy (non-hydrogen) atoms. The van der Waals surface area contributed by atoms with E-state index in [1.165, 1.54) is 23.6 Å². The second kappa shape index (κ2) is 10.1. The zero-order valence-corrected chi connectivity index (χ0v) is 20.4. The summed E-state index contributed by atoms with van der Waals surface area (Å²) in [6.45, 7) is 4.76. The molecule has 4 rings (SSSR count). The topological polar surface area (TPSA) is 130 Å². The lowest BCUT2D eigenvalue weighted by Crippen LogP contribution is -2.39. The van der Waals surface area contributed by atoms with Gasteiger partial charge in [0.05, 0.1) is 38.9 Å². The largest absolute Gasteiger partial charge is 0.463 e. The molecule has 0 bridgehead atoms. The maximum atomic E-state index is 13.6. The van der Waals surface area contributed by atoms with Crippen molar-refractivity contribution in [3.8, 4) is 5.75 Å². The van der Waals surface area contributed by atoms with Crippen molar-refractivity contribution in [2.24, 2.45) is 4.99 Å². The highest BCUT2D eigenvalue weighted by atomic mass is 32.1. The van der Waals surface area contributed by atoms with Crippen LogP contribution in [0, 0.1) is 10.1 Å². The molecule has 3 aromatic rings. The molecule has 0 saturated carbocycles. The van der Waals surface area contributed by atoms with Gasteiger partial charge in [0.2, 0.25) is 0 Å². The second-order valence-corrected chi connectivity index (χ2v) is 8.79. The monoisotopic (exact) mass is 507 g/mol. The van der Waals surface area contributed by atoms with Crippen LogP contribution in [-0.2, 0) is 14.3 Å². The Kier molecular flexibility index (Phi) is 6.93. The van der Waals surface area contributed by atoms with Gasteiger partial charge in [-0.1, -0.05) is 35.6 Å². The molecule has 2 heterocycles. The molecule has 1 atom stereocenters.